The first-order valence-electron chi connectivity index (χ1n) is 4.65. The smallest absolute Gasteiger partial charge is 0.0585 e. The molecule has 3 nitrogen and oxygen atoms in total. The lowest BCUT2D eigenvalue weighted by atomic mass is 9.87. The SMILES string of the molecule is C[C@@H]1CC(C(N)CO)C[C@H](C)O1. The van der Waals surface area contributed by atoms with Gasteiger partial charge in [0.25, 0.3) is 0 Å². The third kappa shape index (κ3) is 2.44. The van der Waals surface area contributed by atoms with Crippen LogP contribution >= 0.6 is 0 Å². The van der Waals surface area contributed by atoms with Crippen LogP contribution in [0.15, 0.2) is 0 Å². The molecule has 2 unspecified atom stereocenters. The average Bonchev–Trinajstić information content (AvgIpc) is 2.01. The van der Waals surface area contributed by atoms with E-state index in [2.05, 4.69) is 13.8 Å². The fourth-order valence-electron chi connectivity index (χ4n) is 1.96. The van der Waals surface area contributed by atoms with Crippen LogP contribution in [0, 0.1) is 5.92 Å². The maximum absolute atomic E-state index is 8.89. The zero-order chi connectivity index (χ0) is 9.14. The Labute approximate surface area is 73.9 Å². The van der Waals surface area contributed by atoms with Crippen LogP contribution in [0.4, 0.5) is 0 Å². The number of aliphatic hydroxyl groups is 1. The number of nitrogens with two attached hydrogens (primary N) is 1. The molecule has 0 aromatic heterocycles. The highest BCUT2D eigenvalue weighted by molar-refractivity contribution is 4.80. The molecular formula is C9H19NO2. The van der Waals surface area contributed by atoms with E-state index in [1.54, 1.807) is 0 Å². The lowest BCUT2D eigenvalue weighted by Crippen LogP contribution is -2.41. The van der Waals surface area contributed by atoms with Crippen LogP contribution < -0.4 is 5.73 Å². The normalized spacial score (nSPS) is 39.5. The first-order valence-corrected chi connectivity index (χ1v) is 4.65. The second kappa shape index (κ2) is 4.21. The van der Waals surface area contributed by atoms with Gasteiger partial charge in [-0.15, -0.1) is 0 Å². The van der Waals surface area contributed by atoms with Gasteiger partial charge in [0, 0.05) is 6.04 Å². The molecule has 0 bridgehead atoms. The maximum atomic E-state index is 8.89. The number of hydrogen-bond donors (Lipinski definition) is 2. The molecule has 1 saturated heterocycles. The Hall–Kier alpha value is -0.120. The van der Waals surface area contributed by atoms with Gasteiger partial charge in [0.1, 0.15) is 0 Å². The van der Waals surface area contributed by atoms with Gasteiger partial charge in [0.15, 0.2) is 0 Å². The summed E-state index contributed by atoms with van der Waals surface area (Å²) >= 11 is 0. The van der Waals surface area contributed by atoms with E-state index in [4.69, 9.17) is 15.6 Å². The van der Waals surface area contributed by atoms with Gasteiger partial charge < -0.3 is 15.6 Å². The average molecular weight is 173 g/mol. The van der Waals surface area contributed by atoms with Gasteiger partial charge in [-0.3, -0.25) is 0 Å². The summed E-state index contributed by atoms with van der Waals surface area (Å²) in [6.07, 6.45) is 2.53. The van der Waals surface area contributed by atoms with Crippen LogP contribution in [-0.2, 0) is 4.74 Å². The van der Waals surface area contributed by atoms with Gasteiger partial charge in [0.2, 0.25) is 0 Å². The Morgan fingerprint density at radius 2 is 1.92 bits per heavy atom. The van der Waals surface area contributed by atoms with Crippen LogP contribution in [0.2, 0.25) is 0 Å². The molecule has 1 aliphatic heterocycles. The van der Waals surface area contributed by atoms with Gasteiger partial charge in [-0.2, -0.15) is 0 Å². The Morgan fingerprint density at radius 1 is 1.42 bits per heavy atom. The summed E-state index contributed by atoms with van der Waals surface area (Å²) in [6, 6.07) is -0.0706. The van der Waals surface area contributed by atoms with Crippen molar-refractivity contribution in [3.8, 4) is 0 Å². The van der Waals surface area contributed by atoms with Crippen molar-refractivity contribution in [1.82, 2.24) is 0 Å². The molecule has 3 N–H and O–H groups in total. The summed E-state index contributed by atoms with van der Waals surface area (Å²) in [5.74, 6) is 0.425. The van der Waals surface area contributed by atoms with Crippen molar-refractivity contribution in [3.63, 3.8) is 0 Å². The fraction of sp³-hybridized carbons (Fsp3) is 1.00. The minimum atomic E-state index is -0.0706. The van der Waals surface area contributed by atoms with E-state index in [9.17, 15) is 0 Å². The Kier molecular flexibility index (Phi) is 3.50. The standard InChI is InChI=1S/C9H19NO2/c1-6-3-8(9(10)5-11)4-7(2)12-6/h6-9,11H,3-5,10H2,1-2H3/t6-,7+,8?,9?. The van der Waals surface area contributed by atoms with E-state index in [1.807, 2.05) is 0 Å². The van der Waals surface area contributed by atoms with Crippen LogP contribution in [-0.4, -0.2) is 30.0 Å². The van der Waals surface area contributed by atoms with E-state index in [1.165, 1.54) is 0 Å². The molecule has 0 spiro atoms. The lowest BCUT2D eigenvalue weighted by Gasteiger charge is -2.34. The third-order valence-electron chi connectivity index (χ3n) is 2.55. The summed E-state index contributed by atoms with van der Waals surface area (Å²) in [6.45, 7) is 4.21. The first kappa shape index (κ1) is 9.96. The predicted molar refractivity (Wildman–Crippen MR) is 47.8 cm³/mol. The molecule has 72 valence electrons. The quantitative estimate of drug-likeness (QED) is 0.639. The molecule has 4 atom stereocenters. The van der Waals surface area contributed by atoms with E-state index in [-0.39, 0.29) is 24.9 Å². The molecule has 0 amide bonds. The topological polar surface area (TPSA) is 55.5 Å². The van der Waals surface area contributed by atoms with Gasteiger partial charge in [-0.25, -0.2) is 0 Å². The van der Waals surface area contributed by atoms with Gasteiger partial charge >= 0.3 is 0 Å². The molecule has 1 heterocycles. The second-order valence-electron chi connectivity index (χ2n) is 3.84. The van der Waals surface area contributed by atoms with Gasteiger partial charge in [-0.1, -0.05) is 0 Å². The molecular weight excluding hydrogens is 154 g/mol. The molecule has 1 fully saturated rings. The number of aliphatic hydroxyl groups excluding tert-OH is 1. The van der Waals surface area contributed by atoms with Gasteiger partial charge in [-0.05, 0) is 32.6 Å². The zero-order valence-corrected chi connectivity index (χ0v) is 7.86. The zero-order valence-electron chi connectivity index (χ0n) is 7.86. The molecule has 0 aliphatic carbocycles. The Balaban J connectivity index is 2.43. The highest BCUT2D eigenvalue weighted by Crippen LogP contribution is 2.26. The van der Waals surface area contributed by atoms with Crippen molar-refractivity contribution in [3.05, 3.63) is 0 Å². The number of rotatable bonds is 2. The molecule has 0 saturated carbocycles. The Bertz CT molecular complexity index is 130. The third-order valence-corrected chi connectivity index (χ3v) is 2.55. The minimum absolute atomic E-state index is 0.0706. The van der Waals surface area contributed by atoms with Crippen molar-refractivity contribution >= 4 is 0 Å². The van der Waals surface area contributed by atoms with Crippen molar-refractivity contribution < 1.29 is 9.84 Å². The van der Waals surface area contributed by atoms with E-state index in [0.29, 0.717) is 5.92 Å². The largest absolute Gasteiger partial charge is 0.395 e. The molecule has 0 radical (unpaired) electrons. The summed E-state index contributed by atoms with van der Waals surface area (Å²) in [5.41, 5.74) is 5.77. The van der Waals surface area contributed by atoms with Crippen LogP contribution in [0.25, 0.3) is 0 Å². The van der Waals surface area contributed by atoms with Crippen molar-refractivity contribution in [2.75, 3.05) is 6.61 Å². The summed E-state index contributed by atoms with van der Waals surface area (Å²) < 4.78 is 5.57. The van der Waals surface area contributed by atoms with Crippen LogP contribution in [0.1, 0.15) is 26.7 Å². The number of ether oxygens (including phenoxy) is 1. The van der Waals surface area contributed by atoms with Crippen molar-refractivity contribution in [2.45, 2.75) is 44.9 Å². The summed E-state index contributed by atoms with van der Waals surface area (Å²) in [5, 5.41) is 8.89. The predicted octanol–water partition coefficient (Wildman–Crippen LogP) is 0.510. The molecule has 12 heavy (non-hydrogen) atoms. The van der Waals surface area contributed by atoms with Crippen LogP contribution in [0.3, 0.4) is 0 Å². The van der Waals surface area contributed by atoms with E-state index >= 15 is 0 Å². The van der Waals surface area contributed by atoms with E-state index in [0.717, 1.165) is 12.8 Å². The fourth-order valence-corrected chi connectivity index (χ4v) is 1.96. The molecule has 0 aromatic rings. The van der Waals surface area contributed by atoms with Crippen molar-refractivity contribution in [2.24, 2.45) is 11.7 Å². The van der Waals surface area contributed by atoms with Crippen molar-refractivity contribution in [1.29, 1.82) is 0 Å². The summed E-state index contributed by atoms with van der Waals surface area (Å²) in [7, 11) is 0. The highest BCUT2D eigenvalue weighted by atomic mass is 16.5. The maximum Gasteiger partial charge on any atom is 0.0585 e. The molecule has 1 rings (SSSR count). The first-order chi connectivity index (χ1) is 5.63. The lowest BCUT2D eigenvalue weighted by molar-refractivity contribution is -0.0592. The molecule has 0 aromatic carbocycles. The monoisotopic (exact) mass is 173 g/mol. The summed E-state index contributed by atoms with van der Waals surface area (Å²) in [4.78, 5) is 0. The van der Waals surface area contributed by atoms with E-state index < -0.39 is 0 Å². The minimum Gasteiger partial charge on any atom is -0.395 e. The van der Waals surface area contributed by atoms with Crippen LogP contribution in [0.5, 0.6) is 0 Å². The molecule has 3 heteroatoms. The Morgan fingerprint density at radius 3 is 2.33 bits per heavy atom. The number of hydrogen-bond acceptors (Lipinski definition) is 3. The molecule has 1 aliphatic rings. The second-order valence-corrected chi connectivity index (χ2v) is 3.84. The van der Waals surface area contributed by atoms with Gasteiger partial charge in [0.05, 0.1) is 18.8 Å². The highest BCUT2D eigenvalue weighted by Gasteiger charge is 2.28.